The zero-order valence-electron chi connectivity index (χ0n) is 18.6. The van der Waals surface area contributed by atoms with Crippen LogP contribution in [-0.2, 0) is 19.6 Å². The quantitative estimate of drug-likeness (QED) is 0.671. The fourth-order valence-corrected chi connectivity index (χ4v) is 5.50. The minimum absolute atomic E-state index is 0.217. The maximum Gasteiger partial charge on any atom is 0.255 e. The molecule has 2 aliphatic rings. The molecule has 0 saturated carbocycles. The Morgan fingerprint density at radius 3 is 2.36 bits per heavy atom. The van der Waals surface area contributed by atoms with E-state index in [2.05, 4.69) is 17.6 Å². The van der Waals surface area contributed by atoms with E-state index in [0.717, 1.165) is 19.3 Å². The Labute approximate surface area is 194 Å². The zero-order valence-corrected chi connectivity index (χ0v) is 19.4. The number of anilines is 2. The van der Waals surface area contributed by atoms with Crippen molar-refractivity contribution in [2.24, 2.45) is 5.92 Å². The molecule has 2 N–H and O–H groups in total. The number of piperidine rings is 1. The molecular formula is C24H29N3O5S. The Balaban J connectivity index is 1.39. The van der Waals surface area contributed by atoms with Gasteiger partial charge in [0.1, 0.15) is 6.10 Å². The molecule has 0 aromatic heterocycles. The second kappa shape index (κ2) is 10.0. The molecule has 2 fully saturated rings. The Bertz CT molecular complexity index is 1100. The van der Waals surface area contributed by atoms with Gasteiger partial charge in [0.25, 0.3) is 11.8 Å². The maximum absolute atomic E-state index is 12.9. The molecule has 4 rings (SSSR count). The number of rotatable bonds is 6. The molecule has 1 unspecified atom stereocenters. The van der Waals surface area contributed by atoms with Crippen LogP contribution < -0.4 is 10.6 Å². The summed E-state index contributed by atoms with van der Waals surface area (Å²) in [7, 11) is -3.54. The number of hydrogen-bond donors (Lipinski definition) is 2. The van der Waals surface area contributed by atoms with E-state index < -0.39 is 16.1 Å². The Morgan fingerprint density at radius 2 is 1.70 bits per heavy atom. The van der Waals surface area contributed by atoms with Crippen molar-refractivity contribution in [3.05, 3.63) is 54.1 Å². The Morgan fingerprint density at radius 1 is 0.970 bits per heavy atom. The van der Waals surface area contributed by atoms with Crippen molar-refractivity contribution in [3.8, 4) is 0 Å². The summed E-state index contributed by atoms with van der Waals surface area (Å²) < 4.78 is 32.6. The molecule has 1 atom stereocenters. The first-order valence-corrected chi connectivity index (χ1v) is 12.7. The van der Waals surface area contributed by atoms with Crippen molar-refractivity contribution in [3.63, 3.8) is 0 Å². The lowest BCUT2D eigenvalue weighted by Crippen LogP contribution is -2.37. The fourth-order valence-electron chi connectivity index (χ4n) is 4.03. The number of carbonyl (C=O) groups excluding carboxylic acids is 2. The van der Waals surface area contributed by atoms with Crippen molar-refractivity contribution in [2.45, 2.75) is 43.6 Å². The van der Waals surface area contributed by atoms with Crippen LogP contribution >= 0.6 is 0 Å². The van der Waals surface area contributed by atoms with Gasteiger partial charge in [0.2, 0.25) is 10.0 Å². The lowest BCUT2D eigenvalue weighted by Gasteiger charge is -2.29. The van der Waals surface area contributed by atoms with E-state index in [9.17, 15) is 18.0 Å². The lowest BCUT2D eigenvalue weighted by molar-refractivity contribution is -0.124. The highest BCUT2D eigenvalue weighted by atomic mass is 32.2. The number of nitrogens with one attached hydrogen (secondary N) is 2. The van der Waals surface area contributed by atoms with E-state index in [1.165, 1.54) is 16.4 Å². The van der Waals surface area contributed by atoms with Gasteiger partial charge in [-0.25, -0.2) is 8.42 Å². The maximum atomic E-state index is 12.9. The molecule has 33 heavy (non-hydrogen) atoms. The molecule has 2 aromatic rings. The van der Waals surface area contributed by atoms with E-state index in [4.69, 9.17) is 4.74 Å². The van der Waals surface area contributed by atoms with E-state index >= 15 is 0 Å². The molecule has 0 aliphatic carbocycles. The number of amides is 2. The predicted octanol–water partition coefficient (Wildman–Crippen LogP) is 3.48. The number of carbonyl (C=O) groups is 2. The van der Waals surface area contributed by atoms with Crippen LogP contribution in [0.4, 0.5) is 11.4 Å². The van der Waals surface area contributed by atoms with E-state index in [-0.39, 0.29) is 16.7 Å². The molecule has 2 amide bonds. The summed E-state index contributed by atoms with van der Waals surface area (Å²) in [6.45, 7) is 3.77. The first-order valence-electron chi connectivity index (χ1n) is 11.3. The van der Waals surface area contributed by atoms with Crippen LogP contribution in [0.15, 0.2) is 53.4 Å². The van der Waals surface area contributed by atoms with Crippen LogP contribution in [0.3, 0.4) is 0 Å². The van der Waals surface area contributed by atoms with Crippen molar-refractivity contribution in [1.82, 2.24) is 4.31 Å². The topological polar surface area (TPSA) is 105 Å². The minimum atomic E-state index is -3.54. The molecule has 0 bridgehead atoms. The van der Waals surface area contributed by atoms with E-state index in [1.807, 2.05) is 0 Å². The second-order valence-electron chi connectivity index (χ2n) is 8.64. The number of benzene rings is 2. The molecule has 9 heteroatoms. The molecule has 2 saturated heterocycles. The number of sulfonamides is 1. The molecular weight excluding hydrogens is 442 g/mol. The third kappa shape index (κ3) is 5.61. The van der Waals surface area contributed by atoms with Gasteiger partial charge in [-0.2, -0.15) is 4.31 Å². The number of hydrogen-bond acceptors (Lipinski definition) is 5. The summed E-state index contributed by atoms with van der Waals surface area (Å²) in [6, 6.07) is 12.8. The molecule has 0 spiro atoms. The molecule has 2 aliphatic heterocycles. The van der Waals surface area contributed by atoms with Gasteiger partial charge in [0.15, 0.2) is 0 Å². The standard InChI is InChI=1S/C24H29N3O5S/c1-17-11-13-27(14-12-17)33(30,31)21-9-7-19(8-10-21)25-23(28)18-4-2-5-20(16-18)26-24(29)22-6-3-15-32-22/h2,4-5,7-10,16-17,22H,3,6,11-15H2,1H3,(H,25,28)(H,26,29). The highest BCUT2D eigenvalue weighted by molar-refractivity contribution is 7.89. The van der Waals surface area contributed by atoms with Gasteiger partial charge < -0.3 is 15.4 Å². The van der Waals surface area contributed by atoms with Gasteiger partial charge >= 0.3 is 0 Å². The van der Waals surface area contributed by atoms with Crippen LogP contribution in [0.2, 0.25) is 0 Å². The van der Waals surface area contributed by atoms with Crippen LogP contribution in [0, 0.1) is 5.92 Å². The minimum Gasteiger partial charge on any atom is -0.368 e. The third-order valence-corrected chi connectivity index (χ3v) is 8.02. The smallest absolute Gasteiger partial charge is 0.255 e. The molecule has 2 heterocycles. The summed E-state index contributed by atoms with van der Waals surface area (Å²) in [5.41, 5.74) is 1.37. The predicted molar refractivity (Wildman–Crippen MR) is 126 cm³/mol. The highest BCUT2D eigenvalue weighted by Crippen LogP contribution is 2.24. The van der Waals surface area contributed by atoms with Gasteiger partial charge in [-0.05, 0) is 74.1 Å². The monoisotopic (exact) mass is 471 g/mol. The normalized spacial score (nSPS) is 19.8. The van der Waals surface area contributed by atoms with Gasteiger partial charge in [0, 0.05) is 36.6 Å². The summed E-state index contributed by atoms with van der Waals surface area (Å²) in [4.78, 5) is 25.2. The van der Waals surface area contributed by atoms with Gasteiger partial charge in [-0.15, -0.1) is 0 Å². The van der Waals surface area contributed by atoms with Crippen molar-refractivity contribution < 1.29 is 22.7 Å². The van der Waals surface area contributed by atoms with Crippen LogP contribution in [0.25, 0.3) is 0 Å². The SMILES string of the molecule is CC1CCN(S(=O)(=O)c2ccc(NC(=O)c3cccc(NC(=O)C4CCCO4)c3)cc2)CC1. The summed E-state index contributed by atoms with van der Waals surface area (Å²) in [5, 5.41) is 5.56. The van der Waals surface area contributed by atoms with E-state index in [1.54, 1.807) is 36.4 Å². The number of nitrogens with zero attached hydrogens (tertiary/aromatic N) is 1. The molecule has 176 valence electrons. The summed E-state index contributed by atoms with van der Waals surface area (Å²) >= 11 is 0. The van der Waals surface area contributed by atoms with Crippen LogP contribution in [0.5, 0.6) is 0 Å². The van der Waals surface area contributed by atoms with Crippen molar-refractivity contribution in [1.29, 1.82) is 0 Å². The van der Waals surface area contributed by atoms with E-state index in [0.29, 0.717) is 49.0 Å². The third-order valence-electron chi connectivity index (χ3n) is 6.11. The van der Waals surface area contributed by atoms with Crippen molar-refractivity contribution in [2.75, 3.05) is 30.3 Å². The molecule has 8 nitrogen and oxygen atoms in total. The van der Waals surface area contributed by atoms with Crippen LogP contribution in [0.1, 0.15) is 43.0 Å². The van der Waals surface area contributed by atoms with Gasteiger partial charge in [-0.1, -0.05) is 13.0 Å². The average molecular weight is 472 g/mol. The highest BCUT2D eigenvalue weighted by Gasteiger charge is 2.28. The first-order chi connectivity index (χ1) is 15.8. The van der Waals surface area contributed by atoms with Gasteiger partial charge in [-0.3, -0.25) is 9.59 Å². The fraction of sp³-hybridized carbons (Fsp3) is 0.417. The average Bonchev–Trinajstić information content (AvgIpc) is 3.35. The molecule has 0 radical (unpaired) electrons. The Kier molecular flexibility index (Phi) is 7.11. The van der Waals surface area contributed by atoms with Crippen molar-refractivity contribution >= 4 is 33.2 Å². The summed E-state index contributed by atoms with van der Waals surface area (Å²) in [6.07, 6.45) is 2.82. The summed E-state index contributed by atoms with van der Waals surface area (Å²) in [5.74, 6) is -0.0363. The lowest BCUT2D eigenvalue weighted by atomic mass is 10.0. The number of ether oxygens (including phenoxy) is 1. The van der Waals surface area contributed by atoms with Gasteiger partial charge in [0.05, 0.1) is 4.90 Å². The molecule has 2 aromatic carbocycles. The van der Waals surface area contributed by atoms with Crippen LogP contribution in [-0.4, -0.2) is 50.3 Å². The largest absolute Gasteiger partial charge is 0.368 e. The Hall–Kier alpha value is -2.75. The first kappa shape index (κ1) is 23.4. The second-order valence-corrected chi connectivity index (χ2v) is 10.6. The zero-order chi connectivity index (χ0) is 23.4.